The zero-order chi connectivity index (χ0) is 11.5. The standard InChI is InChI=1S/C11H20BrNO2/c1-10(2,8-12)13-9(14)7-11(15-3)5-4-6-11/h4-8H2,1-3H3,(H,13,14). The number of alkyl halides is 1. The molecule has 0 aromatic carbocycles. The third-order valence-electron chi connectivity index (χ3n) is 2.99. The molecule has 88 valence electrons. The summed E-state index contributed by atoms with van der Waals surface area (Å²) in [5.74, 6) is 0.0843. The molecule has 1 rings (SSSR count). The van der Waals surface area contributed by atoms with Crippen molar-refractivity contribution in [2.24, 2.45) is 0 Å². The van der Waals surface area contributed by atoms with Crippen LogP contribution in [-0.2, 0) is 9.53 Å². The smallest absolute Gasteiger partial charge is 0.223 e. The van der Waals surface area contributed by atoms with Crippen LogP contribution in [0.25, 0.3) is 0 Å². The van der Waals surface area contributed by atoms with E-state index in [0.717, 1.165) is 18.2 Å². The highest BCUT2D eigenvalue weighted by molar-refractivity contribution is 9.09. The summed E-state index contributed by atoms with van der Waals surface area (Å²) < 4.78 is 5.42. The number of carbonyl (C=O) groups excluding carboxylic acids is 1. The van der Waals surface area contributed by atoms with Crippen LogP contribution >= 0.6 is 15.9 Å². The van der Waals surface area contributed by atoms with Gasteiger partial charge in [0.05, 0.1) is 12.0 Å². The van der Waals surface area contributed by atoms with Crippen molar-refractivity contribution >= 4 is 21.8 Å². The van der Waals surface area contributed by atoms with Gasteiger partial charge in [-0.25, -0.2) is 0 Å². The summed E-state index contributed by atoms with van der Waals surface area (Å²) in [6, 6.07) is 0. The highest BCUT2D eigenvalue weighted by Gasteiger charge is 2.39. The van der Waals surface area contributed by atoms with Crippen LogP contribution in [0.1, 0.15) is 39.5 Å². The Labute approximate surface area is 100 Å². The SMILES string of the molecule is COC1(CC(=O)NC(C)(C)CBr)CCC1. The second-order valence-electron chi connectivity index (χ2n) is 4.98. The van der Waals surface area contributed by atoms with Crippen molar-refractivity contribution in [3.63, 3.8) is 0 Å². The van der Waals surface area contributed by atoms with Gasteiger partial charge in [0.2, 0.25) is 5.91 Å². The molecule has 1 saturated carbocycles. The minimum Gasteiger partial charge on any atom is -0.378 e. The Bertz CT molecular complexity index is 231. The maximum absolute atomic E-state index is 11.8. The minimum atomic E-state index is -0.185. The Morgan fingerprint density at radius 2 is 2.13 bits per heavy atom. The number of rotatable bonds is 5. The molecule has 0 unspecified atom stereocenters. The molecule has 0 bridgehead atoms. The van der Waals surface area contributed by atoms with E-state index in [0.29, 0.717) is 6.42 Å². The van der Waals surface area contributed by atoms with Crippen molar-refractivity contribution in [3.8, 4) is 0 Å². The monoisotopic (exact) mass is 277 g/mol. The van der Waals surface area contributed by atoms with Gasteiger partial charge in [0.15, 0.2) is 0 Å². The summed E-state index contributed by atoms with van der Waals surface area (Å²) in [5, 5.41) is 3.75. The molecule has 0 radical (unpaired) electrons. The Kier molecular flexibility index (Phi) is 4.18. The van der Waals surface area contributed by atoms with E-state index in [1.54, 1.807) is 7.11 Å². The highest BCUT2D eigenvalue weighted by atomic mass is 79.9. The number of nitrogens with one attached hydrogen (secondary N) is 1. The van der Waals surface area contributed by atoms with Gasteiger partial charge in [-0.2, -0.15) is 0 Å². The van der Waals surface area contributed by atoms with Crippen LogP contribution in [0.15, 0.2) is 0 Å². The average Bonchev–Trinajstić information content (AvgIpc) is 2.11. The largest absolute Gasteiger partial charge is 0.378 e. The first kappa shape index (κ1) is 13.0. The van der Waals surface area contributed by atoms with Gasteiger partial charge in [-0.05, 0) is 33.1 Å². The summed E-state index contributed by atoms with van der Waals surface area (Å²) >= 11 is 3.38. The lowest BCUT2D eigenvalue weighted by molar-refractivity contribution is -0.135. The lowest BCUT2D eigenvalue weighted by atomic mass is 9.77. The van der Waals surface area contributed by atoms with E-state index in [9.17, 15) is 4.79 Å². The van der Waals surface area contributed by atoms with Crippen molar-refractivity contribution in [1.29, 1.82) is 0 Å². The fraction of sp³-hybridized carbons (Fsp3) is 0.909. The number of hydrogen-bond donors (Lipinski definition) is 1. The number of methoxy groups -OCH3 is 1. The molecule has 0 spiro atoms. The first-order valence-corrected chi connectivity index (χ1v) is 6.47. The summed E-state index contributed by atoms with van der Waals surface area (Å²) in [5.41, 5.74) is -0.359. The molecule has 1 aliphatic carbocycles. The van der Waals surface area contributed by atoms with Crippen LogP contribution in [0.4, 0.5) is 0 Å². The van der Waals surface area contributed by atoms with Crippen molar-refractivity contribution < 1.29 is 9.53 Å². The number of ether oxygens (including phenoxy) is 1. The molecule has 3 nitrogen and oxygen atoms in total. The number of hydrogen-bond acceptors (Lipinski definition) is 2. The lowest BCUT2D eigenvalue weighted by Gasteiger charge is -2.40. The quantitative estimate of drug-likeness (QED) is 0.783. The fourth-order valence-corrected chi connectivity index (χ4v) is 1.91. The molecule has 0 aromatic rings. The molecule has 0 aliphatic heterocycles. The van der Waals surface area contributed by atoms with Crippen molar-refractivity contribution in [2.45, 2.75) is 50.7 Å². The van der Waals surface area contributed by atoms with E-state index < -0.39 is 0 Å². The van der Waals surface area contributed by atoms with Gasteiger partial charge in [0.1, 0.15) is 0 Å². The van der Waals surface area contributed by atoms with Crippen molar-refractivity contribution in [1.82, 2.24) is 5.32 Å². The number of amides is 1. The van der Waals surface area contributed by atoms with Gasteiger partial charge >= 0.3 is 0 Å². The normalized spacial score (nSPS) is 19.5. The van der Waals surface area contributed by atoms with Crippen molar-refractivity contribution in [2.75, 3.05) is 12.4 Å². The third-order valence-corrected chi connectivity index (χ3v) is 4.39. The molecular formula is C11H20BrNO2. The maximum Gasteiger partial charge on any atom is 0.223 e. The van der Waals surface area contributed by atoms with E-state index >= 15 is 0 Å². The molecule has 1 aliphatic rings. The van der Waals surface area contributed by atoms with Crippen LogP contribution in [0.3, 0.4) is 0 Å². The van der Waals surface area contributed by atoms with E-state index in [2.05, 4.69) is 21.2 Å². The molecule has 4 heteroatoms. The second-order valence-corrected chi connectivity index (χ2v) is 5.54. The minimum absolute atomic E-state index is 0.0843. The Balaban J connectivity index is 2.42. The Morgan fingerprint density at radius 3 is 2.47 bits per heavy atom. The summed E-state index contributed by atoms with van der Waals surface area (Å²) in [4.78, 5) is 11.8. The predicted octanol–water partition coefficient (Wildman–Crippen LogP) is 2.24. The number of halogens is 1. The first-order chi connectivity index (χ1) is 6.93. The lowest BCUT2D eigenvalue weighted by Crippen LogP contribution is -2.50. The van der Waals surface area contributed by atoms with Gasteiger partial charge in [0.25, 0.3) is 0 Å². The first-order valence-electron chi connectivity index (χ1n) is 5.35. The summed E-state index contributed by atoms with van der Waals surface area (Å²) in [7, 11) is 1.70. The second kappa shape index (κ2) is 4.83. The van der Waals surface area contributed by atoms with Crippen LogP contribution in [-0.4, -0.2) is 29.5 Å². The van der Waals surface area contributed by atoms with Crippen molar-refractivity contribution in [3.05, 3.63) is 0 Å². The average molecular weight is 278 g/mol. The molecule has 1 fully saturated rings. The van der Waals surface area contributed by atoms with Gasteiger partial charge in [-0.3, -0.25) is 4.79 Å². The molecule has 15 heavy (non-hydrogen) atoms. The van der Waals surface area contributed by atoms with E-state index in [1.165, 1.54) is 6.42 Å². The highest BCUT2D eigenvalue weighted by Crippen LogP contribution is 2.37. The third kappa shape index (κ3) is 3.45. The zero-order valence-corrected chi connectivity index (χ0v) is 11.3. The van der Waals surface area contributed by atoms with Crippen LogP contribution in [0, 0.1) is 0 Å². The van der Waals surface area contributed by atoms with Gasteiger partial charge in [-0.15, -0.1) is 0 Å². The maximum atomic E-state index is 11.8. The van der Waals surface area contributed by atoms with E-state index in [1.807, 2.05) is 13.8 Å². The zero-order valence-electron chi connectivity index (χ0n) is 9.73. The van der Waals surface area contributed by atoms with E-state index in [4.69, 9.17) is 4.74 Å². The van der Waals surface area contributed by atoms with Crippen LogP contribution < -0.4 is 5.32 Å². The number of carbonyl (C=O) groups is 1. The predicted molar refractivity (Wildman–Crippen MR) is 64.2 cm³/mol. The molecule has 0 atom stereocenters. The molecule has 0 aromatic heterocycles. The van der Waals surface area contributed by atoms with Gasteiger partial charge in [-0.1, -0.05) is 15.9 Å². The molecule has 0 heterocycles. The summed E-state index contributed by atoms with van der Waals surface area (Å²) in [6.07, 6.45) is 3.67. The van der Waals surface area contributed by atoms with Gasteiger partial charge in [0, 0.05) is 18.0 Å². The molecule has 1 amide bonds. The van der Waals surface area contributed by atoms with Crippen LogP contribution in [0.2, 0.25) is 0 Å². The Morgan fingerprint density at radius 1 is 1.53 bits per heavy atom. The fourth-order valence-electron chi connectivity index (χ4n) is 1.77. The topological polar surface area (TPSA) is 38.3 Å². The Hall–Kier alpha value is -0.0900. The molecular weight excluding hydrogens is 258 g/mol. The summed E-state index contributed by atoms with van der Waals surface area (Å²) in [6.45, 7) is 4.00. The molecule has 0 saturated heterocycles. The van der Waals surface area contributed by atoms with E-state index in [-0.39, 0.29) is 17.0 Å². The molecule has 1 N–H and O–H groups in total. The van der Waals surface area contributed by atoms with Crippen LogP contribution in [0.5, 0.6) is 0 Å². The van der Waals surface area contributed by atoms with Gasteiger partial charge < -0.3 is 10.1 Å².